The van der Waals surface area contributed by atoms with E-state index in [4.69, 9.17) is 15.0 Å². The summed E-state index contributed by atoms with van der Waals surface area (Å²) in [5.41, 5.74) is 1.10. The number of halogens is 3. The zero-order valence-electron chi connectivity index (χ0n) is 17.6. The Hall–Kier alpha value is -1.68. The molecule has 1 saturated heterocycles. The van der Waals surface area contributed by atoms with Crippen LogP contribution < -0.4 is 0 Å². The van der Waals surface area contributed by atoms with Crippen molar-refractivity contribution >= 4 is 5.97 Å². The van der Waals surface area contributed by atoms with Crippen LogP contribution in [0.1, 0.15) is 65.1 Å². The summed E-state index contributed by atoms with van der Waals surface area (Å²) in [4.78, 5) is 11.5. The Morgan fingerprint density at radius 3 is 2.24 bits per heavy atom. The van der Waals surface area contributed by atoms with Gasteiger partial charge in [0.2, 0.25) is 0 Å². The number of carboxylic acid groups (broad SMARTS) is 1. The van der Waals surface area contributed by atoms with E-state index in [2.05, 4.69) is 42.9 Å². The Labute approximate surface area is 169 Å². The first kappa shape index (κ1) is 25.4. The predicted molar refractivity (Wildman–Crippen MR) is 102 cm³/mol. The van der Waals surface area contributed by atoms with Gasteiger partial charge in [0.25, 0.3) is 0 Å². The quantitative estimate of drug-likeness (QED) is 0.729. The molecule has 10 heteroatoms. The first-order valence-corrected chi connectivity index (χ1v) is 9.86. The second kappa shape index (κ2) is 10.9. The largest absolute Gasteiger partial charge is 0.490 e. The minimum atomic E-state index is -5.08. The van der Waals surface area contributed by atoms with Crippen LogP contribution in [-0.4, -0.2) is 61.9 Å². The fourth-order valence-corrected chi connectivity index (χ4v) is 3.52. The fourth-order valence-electron chi connectivity index (χ4n) is 3.52. The van der Waals surface area contributed by atoms with Crippen molar-refractivity contribution in [3.05, 3.63) is 11.9 Å². The van der Waals surface area contributed by atoms with Gasteiger partial charge in [0.15, 0.2) is 0 Å². The third-order valence-electron chi connectivity index (χ3n) is 4.79. The van der Waals surface area contributed by atoms with Gasteiger partial charge in [-0.25, -0.2) is 9.48 Å². The molecule has 0 aliphatic carbocycles. The van der Waals surface area contributed by atoms with Gasteiger partial charge in [0, 0.05) is 13.1 Å². The van der Waals surface area contributed by atoms with E-state index in [1.165, 1.54) is 19.4 Å². The fraction of sp³-hybridized carbons (Fsp3) is 0.842. The van der Waals surface area contributed by atoms with Crippen LogP contribution in [0.15, 0.2) is 6.20 Å². The molecule has 1 aliphatic heterocycles. The number of hydrogen-bond donors (Lipinski definition) is 2. The van der Waals surface area contributed by atoms with Crippen molar-refractivity contribution in [3.63, 3.8) is 0 Å². The van der Waals surface area contributed by atoms with E-state index in [0.29, 0.717) is 17.2 Å². The summed E-state index contributed by atoms with van der Waals surface area (Å²) in [6, 6.07) is 0.441. The van der Waals surface area contributed by atoms with Crippen molar-refractivity contribution in [1.82, 2.24) is 19.9 Å². The Bertz CT molecular complexity index is 621. The minimum Gasteiger partial charge on any atom is -0.475 e. The van der Waals surface area contributed by atoms with E-state index < -0.39 is 12.1 Å². The zero-order valence-corrected chi connectivity index (χ0v) is 17.6. The van der Waals surface area contributed by atoms with Crippen LogP contribution in [0.4, 0.5) is 13.2 Å². The summed E-state index contributed by atoms with van der Waals surface area (Å²) in [5, 5.41) is 24.3. The van der Waals surface area contributed by atoms with E-state index in [9.17, 15) is 13.2 Å². The van der Waals surface area contributed by atoms with E-state index in [-0.39, 0.29) is 6.61 Å². The van der Waals surface area contributed by atoms with Crippen LogP contribution >= 0.6 is 0 Å². The molecule has 0 radical (unpaired) electrons. The van der Waals surface area contributed by atoms with Crippen LogP contribution in [0.25, 0.3) is 0 Å². The maximum Gasteiger partial charge on any atom is 0.490 e. The summed E-state index contributed by atoms with van der Waals surface area (Å²) in [6.45, 7) is 12.8. The second-order valence-corrected chi connectivity index (χ2v) is 8.88. The highest BCUT2D eigenvalue weighted by atomic mass is 19.4. The van der Waals surface area contributed by atoms with E-state index in [1.807, 2.05) is 10.9 Å². The lowest BCUT2D eigenvalue weighted by atomic mass is 9.84. The standard InChI is InChI=1S/C17H32N4O.C2HF3O2/c1-14(11-17(2,3)4)5-8-20-9-6-16(7-10-20)21-12-15(13-22)18-19-21;3-2(4,5)1(6)7/h12,14,16,22H,5-11,13H2,1-4H3;(H,6,7). The molecule has 1 atom stereocenters. The number of rotatable bonds is 6. The molecule has 0 bridgehead atoms. The lowest BCUT2D eigenvalue weighted by Crippen LogP contribution is -2.36. The summed E-state index contributed by atoms with van der Waals surface area (Å²) >= 11 is 0. The van der Waals surface area contributed by atoms with Crippen LogP contribution in [0.3, 0.4) is 0 Å². The Balaban J connectivity index is 0.000000516. The molecule has 1 aromatic heterocycles. The van der Waals surface area contributed by atoms with Crippen molar-refractivity contribution < 1.29 is 28.2 Å². The molecule has 1 unspecified atom stereocenters. The molecular formula is C19H33F3N4O3. The second-order valence-electron chi connectivity index (χ2n) is 8.88. The van der Waals surface area contributed by atoms with Crippen molar-refractivity contribution in [1.29, 1.82) is 0 Å². The molecule has 0 aromatic carbocycles. The van der Waals surface area contributed by atoms with Crippen molar-refractivity contribution in [3.8, 4) is 0 Å². The molecule has 0 amide bonds. The maximum atomic E-state index is 10.6. The molecule has 2 heterocycles. The number of aliphatic hydroxyl groups excluding tert-OH is 1. The normalized spacial score (nSPS) is 17.5. The van der Waals surface area contributed by atoms with Crippen LogP contribution in [-0.2, 0) is 11.4 Å². The Kier molecular flexibility index (Phi) is 9.54. The Morgan fingerprint density at radius 1 is 1.28 bits per heavy atom. The Morgan fingerprint density at radius 2 is 1.83 bits per heavy atom. The number of alkyl halides is 3. The molecule has 2 rings (SSSR count). The van der Waals surface area contributed by atoms with Gasteiger partial charge in [-0.15, -0.1) is 5.10 Å². The maximum absolute atomic E-state index is 10.6. The average molecular weight is 422 g/mol. The number of aliphatic carboxylic acids is 1. The number of hydrogen-bond acceptors (Lipinski definition) is 5. The van der Waals surface area contributed by atoms with Crippen LogP contribution in [0.5, 0.6) is 0 Å². The molecule has 168 valence electrons. The van der Waals surface area contributed by atoms with Crippen molar-refractivity contribution in [2.24, 2.45) is 11.3 Å². The summed E-state index contributed by atoms with van der Waals surface area (Å²) in [6.07, 6.45) is 1.64. The van der Waals surface area contributed by atoms with Gasteiger partial charge in [-0.1, -0.05) is 32.9 Å². The highest BCUT2D eigenvalue weighted by molar-refractivity contribution is 5.73. The average Bonchev–Trinajstić information content (AvgIpc) is 3.08. The number of carboxylic acids is 1. The monoisotopic (exact) mass is 422 g/mol. The lowest BCUT2D eigenvalue weighted by molar-refractivity contribution is -0.192. The molecule has 1 aromatic rings. The third kappa shape index (κ3) is 10.1. The van der Waals surface area contributed by atoms with Gasteiger partial charge in [-0.05, 0) is 43.6 Å². The SMILES string of the molecule is CC(CCN1CCC(n2cc(CO)nn2)CC1)CC(C)(C)C.O=C(O)C(F)(F)F. The molecular weight excluding hydrogens is 389 g/mol. The molecule has 7 nitrogen and oxygen atoms in total. The van der Waals surface area contributed by atoms with Crippen molar-refractivity contribution in [2.75, 3.05) is 19.6 Å². The summed E-state index contributed by atoms with van der Waals surface area (Å²) in [5.74, 6) is -1.97. The number of piperidine rings is 1. The highest BCUT2D eigenvalue weighted by Gasteiger charge is 2.38. The molecule has 1 aliphatic rings. The number of nitrogens with zero attached hydrogens (tertiary/aromatic N) is 4. The van der Waals surface area contributed by atoms with Crippen LogP contribution in [0.2, 0.25) is 0 Å². The predicted octanol–water partition coefficient (Wildman–Crippen LogP) is 3.50. The van der Waals surface area contributed by atoms with Crippen molar-refractivity contribution in [2.45, 2.75) is 72.2 Å². The van der Waals surface area contributed by atoms with E-state index >= 15 is 0 Å². The molecule has 0 saturated carbocycles. The van der Waals surface area contributed by atoms with Gasteiger partial charge in [0.05, 0.1) is 18.8 Å². The lowest BCUT2D eigenvalue weighted by Gasteiger charge is -2.33. The number of carbonyl (C=O) groups is 1. The summed E-state index contributed by atoms with van der Waals surface area (Å²) in [7, 11) is 0. The van der Waals surface area contributed by atoms with Gasteiger partial charge in [-0.3, -0.25) is 0 Å². The summed E-state index contributed by atoms with van der Waals surface area (Å²) < 4.78 is 33.7. The number of aliphatic hydroxyl groups is 1. The molecule has 1 fully saturated rings. The van der Waals surface area contributed by atoms with Gasteiger partial charge in [0.1, 0.15) is 5.69 Å². The highest BCUT2D eigenvalue weighted by Crippen LogP contribution is 2.27. The number of likely N-dealkylation sites (tertiary alicyclic amines) is 1. The van der Waals surface area contributed by atoms with Crippen LogP contribution in [0, 0.1) is 11.3 Å². The minimum absolute atomic E-state index is 0.0233. The van der Waals surface area contributed by atoms with E-state index in [1.54, 1.807) is 0 Å². The first-order valence-electron chi connectivity index (χ1n) is 9.86. The van der Waals surface area contributed by atoms with Gasteiger partial charge >= 0.3 is 12.1 Å². The van der Waals surface area contributed by atoms with Gasteiger partial charge < -0.3 is 15.1 Å². The van der Waals surface area contributed by atoms with E-state index in [0.717, 1.165) is 31.8 Å². The molecule has 0 spiro atoms. The zero-order chi connectivity index (χ0) is 22.2. The number of aromatic nitrogens is 3. The molecule has 2 N–H and O–H groups in total. The molecule has 29 heavy (non-hydrogen) atoms. The topological polar surface area (TPSA) is 91.5 Å². The smallest absolute Gasteiger partial charge is 0.475 e. The third-order valence-corrected chi connectivity index (χ3v) is 4.79. The first-order chi connectivity index (χ1) is 13.3. The van der Waals surface area contributed by atoms with Gasteiger partial charge in [-0.2, -0.15) is 13.2 Å².